The highest BCUT2D eigenvalue weighted by Gasteiger charge is 1.99. The Hall–Kier alpha value is -1.55. The summed E-state index contributed by atoms with van der Waals surface area (Å²) in [7, 11) is 0. The summed E-state index contributed by atoms with van der Waals surface area (Å²) in [6.07, 6.45) is -0.327. The summed E-state index contributed by atoms with van der Waals surface area (Å²) >= 11 is 5.84. The molecule has 0 aromatic heterocycles. The van der Waals surface area contributed by atoms with Gasteiger partial charge in [-0.2, -0.15) is 0 Å². The second-order valence-electron chi connectivity index (χ2n) is 5.04. The van der Waals surface area contributed by atoms with Gasteiger partial charge in [0.15, 0.2) is 0 Å². The zero-order valence-corrected chi connectivity index (χ0v) is 12.8. The fourth-order valence-corrected chi connectivity index (χ4v) is 2.00. The third-order valence-electron chi connectivity index (χ3n) is 3.01. The van der Waals surface area contributed by atoms with Gasteiger partial charge in [-0.25, -0.2) is 0 Å². The van der Waals surface area contributed by atoms with Crippen molar-refractivity contribution < 1.29 is 9.84 Å². The van der Waals surface area contributed by atoms with Gasteiger partial charge < -0.3 is 15.2 Å². The van der Waals surface area contributed by atoms with E-state index < -0.39 is 0 Å². The number of aliphatic hydroxyl groups excluding tert-OH is 1. The van der Waals surface area contributed by atoms with Crippen LogP contribution in [0, 0.1) is 0 Å². The molecule has 2 aromatic rings. The van der Waals surface area contributed by atoms with Crippen LogP contribution < -0.4 is 10.1 Å². The maximum atomic E-state index is 9.18. The number of rotatable bonds is 7. The van der Waals surface area contributed by atoms with Gasteiger partial charge in [0.1, 0.15) is 12.4 Å². The number of halogens is 1. The SMILES string of the molecule is C[C@H](O)CNCc1ccc(OCc2ccc(Cl)cc2)cc1. The van der Waals surface area contributed by atoms with Gasteiger partial charge >= 0.3 is 0 Å². The molecular formula is C17H20ClNO2. The average Bonchev–Trinajstić information content (AvgIpc) is 2.48. The number of hydrogen-bond donors (Lipinski definition) is 2. The molecule has 0 radical (unpaired) electrons. The molecule has 2 N–H and O–H groups in total. The molecule has 0 bridgehead atoms. The van der Waals surface area contributed by atoms with Crippen LogP contribution >= 0.6 is 11.6 Å². The van der Waals surface area contributed by atoms with Crippen LogP contribution in [-0.4, -0.2) is 17.8 Å². The van der Waals surface area contributed by atoms with Gasteiger partial charge in [-0.3, -0.25) is 0 Å². The van der Waals surface area contributed by atoms with E-state index in [4.69, 9.17) is 16.3 Å². The van der Waals surface area contributed by atoms with Crippen molar-refractivity contribution in [2.45, 2.75) is 26.2 Å². The Bertz CT molecular complexity index is 538. The monoisotopic (exact) mass is 305 g/mol. The van der Waals surface area contributed by atoms with E-state index in [1.165, 1.54) is 0 Å². The Morgan fingerprint density at radius 3 is 2.29 bits per heavy atom. The van der Waals surface area contributed by atoms with Crippen molar-refractivity contribution in [2.24, 2.45) is 0 Å². The van der Waals surface area contributed by atoms with Crippen molar-refractivity contribution in [3.8, 4) is 5.75 Å². The molecule has 21 heavy (non-hydrogen) atoms. The van der Waals surface area contributed by atoms with E-state index in [-0.39, 0.29) is 6.10 Å². The first-order chi connectivity index (χ1) is 10.1. The van der Waals surface area contributed by atoms with Crippen molar-refractivity contribution >= 4 is 11.6 Å². The molecule has 0 saturated heterocycles. The molecule has 0 spiro atoms. The minimum atomic E-state index is -0.327. The smallest absolute Gasteiger partial charge is 0.119 e. The predicted molar refractivity (Wildman–Crippen MR) is 85.6 cm³/mol. The second-order valence-corrected chi connectivity index (χ2v) is 5.48. The number of aliphatic hydroxyl groups is 1. The molecule has 112 valence electrons. The van der Waals surface area contributed by atoms with Crippen LogP contribution in [-0.2, 0) is 13.2 Å². The third kappa shape index (κ3) is 5.76. The van der Waals surface area contributed by atoms with Crippen molar-refractivity contribution in [3.63, 3.8) is 0 Å². The molecule has 0 heterocycles. The topological polar surface area (TPSA) is 41.5 Å². The summed E-state index contributed by atoms with van der Waals surface area (Å²) in [5.74, 6) is 0.837. The molecule has 0 aliphatic heterocycles. The van der Waals surface area contributed by atoms with Crippen LogP contribution in [0.5, 0.6) is 5.75 Å². The van der Waals surface area contributed by atoms with Crippen molar-refractivity contribution in [2.75, 3.05) is 6.54 Å². The van der Waals surface area contributed by atoms with Gasteiger partial charge in [-0.1, -0.05) is 35.9 Å². The van der Waals surface area contributed by atoms with E-state index in [2.05, 4.69) is 5.32 Å². The normalized spacial score (nSPS) is 12.1. The minimum Gasteiger partial charge on any atom is -0.489 e. The molecule has 4 heteroatoms. The molecule has 0 unspecified atom stereocenters. The van der Waals surface area contributed by atoms with Crippen molar-refractivity contribution in [3.05, 3.63) is 64.7 Å². The summed E-state index contributed by atoms with van der Waals surface area (Å²) in [6, 6.07) is 15.6. The number of ether oxygens (including phenoxy) is 1. The Morgan fingerprint density at radius 1 is 1.05 bits per heavy atom. The Balaban J connectivity index is 1.80. The van der Waals surface area contributed by atoms with Gasteiger partial charge in [0, 0.05) is 18.1 Å². The first-order valence-electron chi connectivity index (χ1n) is 6.98. The minimum absolute atomic E-state index is 0.327. The van der Waals surface area contributed by atoms with E-state index in [1.807, 2.05) is 48.5 Å². The van der Waals surface area contributed by atoms with Gasteiger partial charge in [-0.15, -0.1) is 0 Å². The molecule has 2 rings (SSSR count). The first kappa shape index (κ1) is 15.8. The summed E-state index contributed by atoms with van der Waals surface area (Å²) in [5.41, 5.74) is 2.25. The molecular weight excluding hydrogens is 286 g/mol. The highest BCUT2D eigenvalue weighted by Crippen LogP contribution is 2.15. The first-order valence-corrected chi connectivity index (χ1v) is 7.36. The van der Waals surface area contributed by atoms with Crippen LogP contribution in [0.2, 0.25) is 5.02 Å². The second kappa shape index (κ2) is 8.03. The van der Waals surface area contributed by atoms with E-state index in [1.54, 1.807) is 6.92 Å². The van der Waals surface area contributed by atoms with E-state index >= 15 is 0 Å². The fraction of sp³-hybridized carbons (Fsp3) is 0.294. The maximum absolute atomic E-state index is 9.18. The van der Waals surface area contributed by atoms with Crippen LogP contribution in [0.25, 0.3) is 0 Å². The Morgan fingerprint density at radius 2 is 1.67 bits per heavy atom. The Labute approximate surface area is 130 Å². The molecule has 3 nitrogen and oxygen atoms in total. The van der Waals surface area contributed by atoms with Crippen LogP contribution in [0.4, 0.5) is 0 Å². The average molecular weight is 306 g/mol. The molecule has 0 fully saturated rings. The molecule has 2 aromatic carbocycles. The number of benzene rings is 2. The zero-order valence-electron chi connectivity index (χ0n) is 12.1. The largest absolute Gasteiger partial charge is 0.489 e. The summed E-state index contributed by atoms with van der Waals surface area (Å²) < 4.78 is 5.73. The van der Waals surface area contributed by atoms with Crippen molar-refractivity contribution in [1.29, 1.82) is 0 Å². The number of nitrogens with one attached hydrogen (secondary N) is 1. The van der Waals surface area contributed by atoms with Gasteiger partial charge in [-0.05, 0) is 42.3 Å². The standard InChI is InChI=1S/C17H20ClNO2/c1-13(20)10-19-11-14-4-8-17(9-5-14)21-12-15-2-6-16(18)7-3-15/h2-9,13,19-20H,10-12H2,1H3/t13-/m0/s1. The number of hydrogen-bond acceptors (Lipinski definition) is 3. The summed E-state index contributed by atoms with van der Waals surface area (Å²) in [5, 5.41) is 13.1. The molecule has 0 saturated carbocycles. The molecule has 1 atom stereocenters. The molecule has 0 amide bonds. The molecule has 0 aliphatic carbocycles. The van der Waals surface area contributed by atoms with E-state index in [9.17, 15) is 5.11 Å². The lowest BCUT2D eigenvalue weighted by molar-refractivity contribution is 0.191. The van der Waals surface area contributed by atoms with Crippen LogP contribution in [0.1, 0.15) is 18.1 Å². The van der Waals surface area contributed by atoms with Gasteiger partial charge in [0.05, 0.1) is 6.10 Å². The zero-order chi connectivity index (χ0) is 15.1. The van der Waals surface area contributed by atoms with Crippen LogP contribution in [0.15, 0.2) is 48.5 Å². The highest BCUT2D eigenvalue weighted by molar-refractivity contribution is 6.30. The molecule has 0 aliphatic rings. The van der Waals surface area contributed by atoms with E-state index in [0.717, 1.165) is 28.4 Å². The van der Waals surface area contributed by atoms with Crippen LogP contribution in [0.3, 0.4) is 0 Å². The lowest BCUT2D eigenvalue weighted by atomic mass is 10.2. The predicted octanol–water partition coefficient (Wildman–Crippen LogP) is 3.39. The summed E-state index contributed by atoms with van der Waals surface area (Å²) in [4.78, 5) is 0. The Kier molecular flexibility index (Phi) is 6.05. The lowest BCUT2D eigenvalue weighted by Crippen LogP contribution is -2.23. The summed E-state index contributed by atoms with van der Waals surface area (Å²) in [6.45, 7) is 3.62. The fourth-order valence-electron chi connectivity index (χ4n) is 1.88. The highest BCUT2D eigenvalue weighted by atomic mass is 35.5. The third-order valence-corrected chi connectivity index (χ3v) is 3.26. The maximum Gasteiger partial charge on any atom is 0.119 e. The van der Waals surface area contributed by atoms with Gasteiger partial charge in [0.25, 0.3) is 0 Å². The van der Waals surface area contributed by atoms with E-state index in [0.29, 0.717) is 13.2 Å². The quantitative estimate of drug-likeness (QED) is 0.824. The van der Waals surface area contributed by atoms with Gasteiger partial charge in [0.2, 0.25) is 0 Å². The van der Waals surface area contributed by atoms with Crippen molar-refractivity contribution in [1.82, 2.24) is 5.32 Å². The lowest BCUT2D eigenvalue weighted by Gasteiger charge is -2.09.